The molecule has 0 unspecified atom stereocenters. The molecule has 2 aromatic carbocycles. The molecule has 4 aromatic rings. The lowest BCUT2D eigenvalue weighted by atomic mass is 10.2. The van der Waals surface area contributed by atoms with Gasteiger partial charge in [-0.15, -0.1) is 0 Å². The van der Waals surface area contributed by atoms with Crippen LogP contribution in [0.2, 0.25) is 0 Å². The lowest BCUT2D eigenvalue weighted by Crippen LogP contribution is -2.25. The van der Waals surface area contributed by atoms with Crippen LogP contribution in [0.1, 0.15) is 5.82 Å². The number of hydrogen-bond acceptors (Lipinski definition) is 6. The van der Waals surface area contributed by atoms with E-state index in [1.165, 1.54) is 9.36 Å². The van der Waals surface area contributed by atoms with Gasteiger partial charge < -0.3 is 5.73 Å². The van der Waals surface area contributed by atoms with Crippen LogP contribution in [0.15, 0.2) is 59.4 Å². The van der Waals surface area contributed by atoms with Crippen LogP contribution in [0, 0.1) is 0 Å². The zero-order valence-electron chi connectivity index (χ0n) is 12.6. The number of rotatable bonds is 3. The molecular formula is C16H13N7O. The van der Waals surface area contributed by atoms with Crippen LogP contribution in [0.3, 0.4) is 0 Å². The summed E-state index contributed by atoms with van der Waals surface area (Å²) < 4.78 is 2.43. The summed E-state index contributed by atoms with van der Waals surface area (Å²) in [5, 5.41) is 8.57. The van der Waals surface area contributed by atoms with E-state index in [4.69, 9.17) is 5.73 Å². The normalized spacial score (nSPS) is 11.0. The SMILES string of the molecule is Nc1nc(Cn2nnn(-c3ccccc3)c2=O)nc2ccccc12. The van der Waals surface area contributed by atoms with E-state index in [1.807, 2.05) is 42.5 Å². The van der Waals surface area contributed by atoms with Crippen LogP contribution < -0.4 is 11.4 Å². The van der Waals surface area contributed by atoms with E-state index < -0.39 is 0 Å². The number of tetrazole rings is 1. The lowest BCUT2D eigenvalue weighted by molar-refractivity contribution is 0.611. The fourth-order valence-electron chi connectivity index (χ4n) is 2.46. The second kappa shape index (κ2) is 5.58. The van der Waals surface area contributed by atoms with Crippen LogP contribution in [0.4, 0.5) is 5.82 Å². The molecule has 0 bridgehead atoms. The summed E-state index contributed by atoms with van der Waals surface area (Å²) in [6.45, 7) is 0.0979. The van der Waals surface area contributed by atoms with Crippen molar-refractivity contribution in [1.82, 2.24) is 29.8 Å². The summed E-state index contributed by atoms with van der Waals surface area (Å²) in [6.07, 6.45) is 0. The minimum absolute atomic E-state index is 0.0979. The molecule has 2 N–H and O–H groups in total. The van der Waals surface area contributed by atoms with Gasteiger partial charge >= 0.3 is 5.69 Å². The first-order valence-corrected chi connectivity index (χ1v) is 7.32. The highest BCUT2D eigenvalue weighted by Gasteiger charge is 2.11. The number of benzene rings is 2. The third kappa shape index (κ3) is 2.39. The van der Waals surface area contributed by atoms with E-state index in [1.54, 1.807) is 12.1 Å². The number of hydrogen-bond donors (Lipinski definition) is 1. The number of para-hydroxylation sites is 2. The molecule has 4 rings (SSSR count). The van der Waals surface area contributed by atoms with E-state index >= 15 is 0 Å². The van der Waals surface area contributed by atoms with Gasteiger partial charge in [-0.1, -0.05) is 30.3 Å². The molecule has 0 aliphatic carbocycles. The van der Waals surface area contributed by atoms with E-state index in [-0.39, 0.29) is 12.2 Å². The standard InChI is InChI=1S/C16H13N7O/c17-15-12-8-4-5-9-13(12)18-14(19-15)10-22-16(24)23(21-20-22)11-6-2-1-3-7-11/h1-9H,10H2,(H2,17,18,19). The molecule has 2 heterocycles. The van der Waals surface area contributed by atoms with Crippen LogP contribution in [0.25, 0.3) is 16.6 Å². The summed E-state index contributed by atoms with van der Waals surface area (Å²) in [6, 6.07) is 16.5. The van der Waals surface area contributed by atoms with Gasteiger partial charge in [-0.25, -0.2) is 14.8 Å². The second-order valence-electron chi connectivity index (χ2n) is 5.21. The maximum Gasteiger partial charge on any atom is 0.368 e. The summed E-state index contributed by atoms with van der Waals surface area (Å²) in [7, 11) is 0. The van der Waals surface area contributed by atoms with Gasteiger partial charge in [-0.2, -0.15) is 9.36 Å². The summed E-state index contributed by atoms with van der Waals surface area (Å²) >= 11 is 0. The quantitative estimate of drug-likeness (QED) is 0.604. The third-order valence-corrected chi connectivity index (χ3v) is 3.61. The van der Waals surface area contributed by atoms with E-state index in [9.17, 15) is 4.79 Å². The van der Waals surface area contributed by atoms with Crippen molar-refractivity contribution in [2.75, 3.05) is 5.73 Å². The number of nitrogens with two attached hydrogens (primary N) is 1. The zero-order valence-corrected chi connectivity index (χ0v) is 12.6. The Hall–Kier alpha value is -3.55. The first-order chi connectivity index (χ1) is 11.7. The molecule has 24 heavy (non-hydrogen) atoms. The number of nitrogen functional groups attached to an aromatic ring is 1. The van der Waals surface area contributed by atoms with Crippen LogP contribution in [-0.2, 0) is 6.54 Å². The third-order valence-electron chi connectivity index (χ3n) is 3.61. The maximum absolute atomic E-state index is 12.4. The number of anilines is 1. The lowest BCUT2D eigenvalue weighted by Gasteiger charge is -2.04. The van der Waals surface area contributed by atoms with Crippen LogP contribution >= 0.6 is 0 Å². The topological polar surface area (TPSA) is 105 Å². The Bertz CT molecular complexity index is 1070. The Morgan fingerprint density at radius 3 is 2.50 bits per heavy atom. The number of nitrogens with zero attached hydrogens (tertiary/aromatic N) is 6. The van der Waals surface area contributed by atoms with Gasteiger partial charge in [-0.3, -0.25) is 0 Å². The molecule has 0 atom stereocenters. The predicted molar refractivity (Wildman–Crippen MR) is 88.7 cm³/mol. The molecule has 0 saturated carbocycles. The molecule has 0 aliphatic rings. The van der Waals surface area contributed by atoms with E-state index in [0.29, 0.717) is 17.3 Å². The molecule has 118 valence electrons. The van der Waals surface area contributed by atoms with Crippen molar-refractivity contribution in [3.05, 3.63) is 70.9 Å². The molecule has 0 spiro atoms. The van der Waals surface area contributed by atoms with E-state index in [2.05, 4.69) is 20.4 Å². The Morgan fingerprint density at radius 1 is 0.917 bits per heavy atom. The average molecular weight is 319 g/mol. The molecule has 0 amide bonds. The highest BCUT2D eigenvalue weighted by molar-refractivity contribution is 5.87. The van der Waals surface area contributed by atoms with Crippen molar-refractivity contribution in [3.63, 3.8) is 0 Å². The van der Waals surface area contributed by atoms with Gasteiger partial charge in [0, 0.05) is 5.39 Å². The monoisotopic (exact) mass is 319 g/mol. The van der Waals surface area contributed by atoms with E-state index in [0.717, 1.165) is 10.9 Å². The minimum Gasteiger partial charge on any atom is -0.383 e. The predicted octanol–water partition coefficient (Wildman–Crippen LogP) is 1.00. The van der Waals surface area contributed by atoms with Gasteiger partial charge in [0.05, 0.1) is 11.2 Å². The van der Waals surface area contributed by atoms with Crippen LogP contribution in [0.5, 0.6) is 0 Å². The second-order valence-corrected chi connectivity index (χ2v) is 5.21. The fraction of sp³-hybridized carbons (Fsp3) is 0.0625. The first kappa shape index (κ1) is 14.1. The minimum atomic E-state index is -0.364. The highest BCUT2D eigenvalue weighted by Crippen LogP contribution is 2.17. The molecule has 0 aliphatic heterocycles. The Balaban J connectivity index is 1.72. The number of fused-ring (bicyclic) bond motifs is 1. The van der Waals surface area contributed by atoms with Crippen molar-refractivity contribution in [3.8, 4) is 5.69 Å². The van der Waals surface area contributed by atoms with Crippen LogP contribution in [-0.4, -0.2) is 29.8 Å². The molecule has 8 heteroatoms. The average Bonchev–Trinajstić information content (AvgIpc) is 2.96. The van der Waals surface area contributed by atoms with Crippen molar-refractivity contribution < 1.29 is 0 Å². The van der Waals surface area contributed by atoms with Crippen molar-refractivity contribution in [1.29, 1.82) is 0 Å². The maximum atomic E-state index is 12.4. The molecular weight excluding hydrogens is 306 g/mol. The molecule has 0 radical (unpaired) electrons. The Labute approximate surface area is 136 Å². The van der Waals surface area contributed by atoms with Gasteiger partial charge in [0.1, 0.15) is 12.4 Å². The van der Waals surface area contributed by atoms with Crippen molar-refractivity contribution in [2.24, 2.45) is 0 Å². The first-order valence-electron chi connectivity index (χ1n) is 7.32. The molecule has 2 aromatic heterocycles. The van der Waals surface area contributed by atoms with Gasteiger partial charge in [-0.05, 0) is 34.7 Å². The van der Waals surface area contributed by atoms with Gasteiger partial charge in [0.25, 0.3) is 0 Å². The summed E-state index contributed by atoms with van der Waals surface area (Å²) in [5.74, 6) is 0.785. The van der Waals surface area contributed by atoms with Crippen molar-refractivity contribution in [2.45, 2.75) is 6.54 Å². The zero-order chi connectivity index (χ0) is 16.5. The van der Waals surface area contributed by atoms with Crippen molar-refractivity contribution >= 4 is 16.7 Å². The summed E-state index contributed by atoms with van der Waals surface area (Å²) in [5.41, 5.74) is 6.97. The number of aromatic nitrogens is 6. The van der Waals surface area contributed by atoms with Gasteiger partial charge in [0.15, 0.2) is 5.82 Å². The molecule has 0 fully saturated rings. The molecule has 8 nitrogen and oxygen atoms in total. The Kier molecular flexibility index (Phi) is 3.27. The largest absolute Gasteiger partial charge is 0.383 e. The molecule has 0 saturated heterocycles. The smallest absolute Gasteiger partial charge is 0.368 e. The fourth-order valence-corrected chi connectivity index (χ4v) is 2.46. The summed E-state index contributed by atoms with van der Waals surface area (Å²) in [4.78, 5) is 21.1. The van der Waals surface area contributed by atoms with Gasteiger partial charge in [0.2, 0.25) is 0 Å². The highest BCUT2D eigenvalue weighted by atomic mass is 16.2. The Morgan fingerprint density at radius 2 is 1.67 bits per heavy atom.